The van der Waals surface area contributed by atoms with Crippen LogP contribution < -0.4 is 5.32 Å². The van der Waals surface area contributed by atoms with Gasteiger partial charge in [-0.1, -0.05) is 16.4 Å². The second kappa shape index (κ2) is 9.11. The minimum atomic E-state index is -0.0419. The number of carbonyl (C=O) groups excluding carboxylic acids is 1. The third-order valence-electron chi connectivity index (χ3n) is 5.78. The Bertz CT molecular complexity index is 996. The number of carbonyl (C=O) groups is 1. The van der Waals surface area contributed by atoms with E-state index in [1.54, 1.807) is 13.1 Å². The van der Waals surface area contributed by atoms with Crippen LogP contribution in [-0.2, 0) is 11.2 Å². The van der Waals surface area contributed by atoms with E-state index in [2.05, 4.69) is 30.2 Å². The van der Waals surface area contributed by atoms with E-state index in [4.69, 9.17) is 4.98 Å². The summed E-state index contributed by atoms with van der Waals surface area (Å²) in [5.74, 6) is 1.61. The van der Waals surface area contributed by atoms with Crippen LogP contribution in [0, 0.1) is 19.8 Å². The van der Waals surface area contributed by atoms with Gasteiger partial charge in [0.2, 0.25) is 5.91 Å². The van der Waals surface area contributed by atoms with Crippen molar-refractivity contribution in [2.45, 2.75) is 51.9 Å². The van der Waals surface area contributed by atoms with Crippen molar-refractivity contribution in [3.8, 4) is 11.3 Å². The topological polar surface area (TPSA) is 107 Å². The number of nitrogens with zero attached hydrogens (tertiary/aromatic N) is 5. The largest absolute Gasteiger partial charge is 0.355 e. The molecule has 0 atom stereocenters. The molecule has 3 aromatic heterocycles. The number of rotatable bonds is 6. The Hall–Kier alpha value is -3.16. The van der Waals surface area contributed by atoms with Gasteiger partial charge in [-0.25, -0.2) is 14.6 Å². The van der Waals surface area contributed by atoms with Gasteiger partial charge >= 0.3 is 0 Å². The molecule has 8 nitrogen and oxygen atoms in total. The highest BCUT2D eigenvalue weighted by molar-refractivity contribution is 5.78. The van der Waals surface area contributed by atoms with Gasteiger partial charge in [0.1, 0.15) is 17.2 Å². The fourth-order valence-corrected chi connectivity index (χ4v) is 4.04. The molecule has 4 rings (SSSR count). The molecule has 3 aromatic rings. The quantitative estimate of drug-likeness (QED) is 0.670. The maximum absolute atomic E-state index is 12.2. The summed E-state index contributed by atoms with van der Waals surface area (Å²) in [4.78, 5) is 25.9. The fraction of sp³-hybridized carbons (Fsp3) is 0.455. The fourth-order valence-electron chi connectivity index (χ4n) is 4.04. The summed E-state index contributed by atoms with van der Waals surface area (Å²) in [6, 6.07) is 5.91. The summed E-state index contributed by atoms with van der Waals surface area (Å²) in [7, 11) is 0. The molecule has 0 aliphatic heterocycles. The van der Waals surface area contributed by atoms with E-state index in [9.17, 15) is 4.79 Å². The molecule has 1 aliphatic carbocycles. The first-order valence-corrected chi connectivity index (χ1v) is 10.4. The van der Waals surface area contributed by atoms with Crippen molar-refractivity contribution in [1.82, 2.24) is 30.6 Å². The number of hydrogen-bond donors (Lipinski definition) is 1. The molecule has 0 aromatic carbocycles. The van der Waals surface area contributed by atoms with E-state index < -0.39 is 0 Å². The van der Waals surface area contributed by atoms with E-state index in [1.807, 2.05) is 31.3 Å². The van der Waals surface area contributed by atoms with Crippen LogP contribution in [-0.4, -0.2) is 37.7 Å². The molecule has 0 bridgehead atoms. The summed E-state index contributed by atoms with van der Waals surface area (Å²) in [6.07, 6.45) is 8.10. The molecule has 30 heavy (non-hydrogen) atoms. The van der Waals surface area contributed by atoms with Crippen LogP contribution in [0.25, 0.3) is 11.3 Å². The van der Waals surface area contributed by atoms with Crippen LogP contribution >= 0.6 is 0 Å². The molecule has 0 unspecified atom stereocenters. The van der Waals surface area contributed by atoms with Crippen molar-refractivity contribution in [1.29, 1.82) is 0 Å². The smallest absolute Gasteiger partial charge is 0.226 e. The van der Waals surface area contributed by atoms with Crippen molar-refractivity contribution in [2.75, 3.05) is 6.54 Å². The Kier molecular flexibility index (Phi) is 6.11. The first-order chi connectivity index (χ1) is 14.6. The van der Waals surface area contributed by atoms with Crippen LogP contribution in [0.15, 0.2) is 35.2 Å². The third-order valence-corrected chi connectivity index (χ3v) is 5.78. The minimum absolute atomic E-state index is 0.0419. The molecule has 1 N–H and O–H groups in total. The standard InChI is InChI=1S/C22H26N6O2/c1-14-20(28-30-27-14)11-21(29)25-12-16-6-8-17(9-7-16)22-18(13-24-15(2)26-22)19-5-3-4-10-23-19/h3-5,10,13,16-17H,6-9,11-12H2,1-2H3,(H,25,29). The molecule has 0 spiro atoms. The van der Waals surface area contributed by atoms with Gasteiger partial charge in [-0.15, -0.1) is 0 Å². The molecule has 1 aliphatic rings. The second-order valence-corrected chi connectivity index (χ2v) is 7.93. The van der Waals surface area contributed by atoms with E-state index in [-0.39, 0.29) is 12.3 Å². The van der Waals surface area contributed by atoms with Crippen molar-refractivity contribution in [3.05, 3.63) is 53.5 Å². The third kappa shape index (κ3) is 4.69. The van der Waals surface area contributed by atoms with Crippen molar-refractivity contribution in [3.63, 3.8) is 0 Å². The summed E-state index contributed by atoms with van der Waals surface area (Å²) in [5, 5.41) is 10.5. The zero-order valence-corrected chi connectivity index (χ0v) is 17.3. The van der Waals surface area contributed by atoms with Gasteiger partial charge < -0.3 is 5.32 Å². The maximum Gasteiger partial charge on any atom is 0.226 e. The van der Waals surface area contributed by atoms with Gasteiger partial charge in [-0.2, -0.15) is 0 Å². The van der Waals surface area contributed by atoms with E-state index in [0.29, 0.717) is 29.8 Å². The van der Waals surface area contributed by atoms with Crippen molar-refractivity contribution in [2.24, 2.45) is 5.92 Å². The molecule has 3 heterocycles. The maximum atomic E-state index is 12.2. The number of aryl methyl sites for hydroxylation is 2. The zero-order chi connectivity index (χ0) is 20.9. The summed E-state index contributed by atoms with van der Waals surface area (Å²) < 4.78 is 4.65. The van der Waals surface area contributed by atoms with Gasteiger partial charge in [0.15, 0.2) is 0 Å². The van der Waals surface area contributed by atoms with Crippen molar-refractivity contribution < 1.29 is 9.42 Å². The Balaban J connectivity index is 1.34. The number of nitrogens with one attached hydrogen (secondary N) is 1. The van der Waals surface area contributed by atoms with Gasteiger partial charge in [0.05, 0.1) is 17.8 Å². The first-order valence-electron chi connectivity index (χ1n) is 10.4. The van der Waals surface area contributed by atoms with E-state index in [0.717, 1.165) is 48.5 Å². The minimum Gasteiger partial charge on any atom is -0.355 e. The Morgan fingerprint density at radius 2 is 1.97 bits per heavy atom. The zero-order valence-electron chi connectivity index (χ0n) is 17.3. The Labute approximate surface area is 175 Å². The second-order valence-electron chi connectivity index (χ2n) is 7.93. The molecule has 0 radical (unpaired) electrons. The molecule has 8 heteroatoms. The summed E-state index contributed by atoms with van der Waals surface area (Å²) in [6.45, 7) is 4.40. The van der Waals surface area contributed by atoms with Crippen LogP contribution in [0.4, 0.5) is 0 Å². The van der Waals surface area contributed by atoms with Gasteiger partial charge in [0, 0.05) is 30.4 Å². The van der Waals surface area contributed by atoms with E-state index in [1.165, 1.54) is 0 Å². The molecule has 1 amide bonds. The molecule has 156 valence electrons. The van der Waals surface area contributed by atoms with Gasteiger partial charge in [-0.3, -0.25) is 9.78 Å². The summed E-state index contributed by atoms with van der Waals surface area (Å²) >= 11 is 0. The predicted molar refractivity (Wildman–Crippen MR) is 110 cm³/mol. The van der Waals surface area contributed by atoms with Crippen LogP contribution in [0.1, 0.15) is 54.5 Å². The monoisotopic (exact) mass is 406 g/mol. The normalized spacial score (nSPS) is 18.9. The molecule has 0 saturated heterocycles. The highest BCUT2D eigenvalue weighted by atomic mass is 16.6. The molecule has 1 fully saturated rings. The summed E-state index contributed by atoms with van der Waals surface area (Å²) in [5.41, 5.74) is 4.29. The molecular formula is C22H26N6O2. The van der Waals surface area contributed by atoms with E-state index >= 15 is 0 Å². The number of hydrogen-bond acceptors (Lipinski definition) is 7. The Morgan fingerprint density at radius 3 is 2.67 bits per heavy atom. The van der Waals surface area contributed by atoms with Crippen LogP contribution in [0.5, 0.6) is 0 Å². The van der Waals surface area contributed by atoms with Crippen LogP contribution in [0.2, 0.25) is 0 Å². The molecule has 1 saturated carbocycles. The lowest BCUT2D eigenvalue weighted by Gasteiger charge is -2.29. The highest BCUT2D eigenvalue weighted by Gasteiger charge is 2.26. The number of amides is 1. The lowest BCUT2D eigenvalue weighted by atomic mass is 9.79. The molecular weight excluding hydrogens is 380 g/mol. The van der Waals surface area contributed by atoms with Crippen LogP contribution in [0.3, 0.4) is 0 Å². The SMILES string of the molecule is Cc1ncc(-c2ccccn2)c(C2CCC(CNC(=O)Cc3nonc3C)CC2)n1. The number of aromatic nitrogens is 5. The predicted octanol–water partition coefficient (Wildman–Crippen LogP) is 3.17. The average Bonchev–Trinajstić information content (AvgIpc) is 3.17. The van der Waals surface area contributed by atoms with Gasteiger partial charge in [0.25, 0.3) is 0 Å². The van der Waals surface area contributed by atoms with Crippen molar-refractivity contribution >= 4 is 5.91 Å². The lowest BCUT2D eigenvalue weighted by molar-refractivity contribution is -0.120. The highest BCUT2D eigenvalue weighted by Crippen LogP contribution is 2.38. The number of pyridine rings is 1. The first kappa shape index (κ1) is 20.1. The lowest BCUT2D eigenvalue weighted by Crippen LogP contribution is -2.32. The Morgan fingerprint density at radius 1 is 1.13 bits per heavy atom. The van der Waals surface area contributed by atoms with Gasteiger partial charge in [-0.05, 0) is 57.6 Å². The average molecular weight is 406 g/mol.